The van der Waals surface area contributed by atoms with Gasteiger partial charge in [0.05, 0.1) is 0 Å². The molecular formula is C16H25BrClN3. The van der Waals surface area contributed by atoms with Crippen LogP contribution in [0, 0.1) is 0 Å². The van der Waals surface area contributed by atoms with E-state index in [2.05, 4.69) is 39.7 Å². The second-order valence-electron chi connectivity index (χ2n) is 6.06. The molecule has 21 heavy (non-hydrogen) atoms. The van der Waals surface area contributed by atoms with Gasteiger partial charge in [-0.15, -0.1) is 0 Å². The fourth-order valence-corrected chi connectivity index (χ4v) is 3.83. The quantitative estimate of drug-likeness (QED) is 0.875. The predicted molar refractivity (Wildman–Crippen MR) is 93.8 cm³/mol. The van der Waals surface area contributed by atoms with Crippen LogP contribution in [0.5, 0.6) is 0 Å². The minimum absolute atomic E-state index is 0.00113. The average Bonchev–Trinajstić information content (AvgIpc) is 2.57. The van der Waals surface area contributed by atoms with Crippen LogP contribution in [0.4, 0.5) is 0 Å². The van der Waals surface area contributed by atoms with Crippen molar-refractivity contribution in [2.75, 3.05) is 33.2 Å². The number of halogens is 2. The topological polar surface area (TPSA) is 32.5 Å². The number of nitrogens with two attached hydrogens (primary N) is 1. The van der Waals surface area contributed by atoms with E-state index in [0.717, 1.165) is 41.1 Å². The molecule has 1 saturated heterocycles. The van der Waals surface area contributed by atoms with E-state index in [1.54, 1.807) is 0 Å². The van der Waals surface area contributed by atoms with Crippen molar-refractivity contribution in [1.82, 2.24) is 9.80 Å². The second kappa shape index (κ2) is 7.93. The largest absolute Gasteiger partial charge is 0.324 e. The van der Waals surface area contributed by atoms with Gasteiger partial charge in [-0.25, -0.2) is 0 Å². The van der Waals surface area contributed by atoms with E-state index in [9.17, 15) is 0 Å². The third kappa shape index (κ3) is 4.93. The molecule has 0 radical (unpaired) electrons. The van der Waals surface area contributed by atoms with Gasteiger partial charge in [-0.3, -0.25) is 4.90 Å². The fraction of sp³-hybridized carbons (Fsp3) is 0.625. The van der Waals surface area contributed by atoms with Crippen LogP contribution in [-0.4, -0.2) is 49.1 Å². The molecule has 1 heterocycles. The van der Waals surface area contributed by atoms with E-state index in [0.29, 0.717) is 6.04 Å². The molecule has 3 nitrogen and oxygen atoms in total. The molecule has 0 bridgehead atoms. The van der Waals surface area contributed by atoms with E-state index < -0.39 is 0 Å². The molecule has 0 aliphatic carbocycles. The maximum absolute atomic E-state index is 6.34. The van der Waals surface area contributed by atoms with Crippen LogP contribution in [0.3, 0.4) is 0 Å². The second-order valence-corrected chi connectivity index (χ2v) is 7.38. The summed E-state index contributed by atoms with van der Waals surface area (Å²) in [6, 6.07) is 6.53. The Kier molecular flexibility index (Phi) is 6.51. The zero-order valence-corrected chi connectivity index (χ0v) is 15.2. The monoisotopic (exact) mass is 373 g/mol. The highest BCUT2D eigenvalue weighted by molar-refractivity contribution is 9.10. The number of nitrogens with zero attached hydrogens (tertiary/aromatic N) is 2. The SMILES string of the molecule is CC1CN(C)CCCN1CCC(N)c1ccc(Br)cc1Cl. The average molecular weight is 375 g/mol. The highest BCUT2D eigenvalue weighted by atomic mass is 79.9. The molecule has 1 aliphatic heterocycles. The van der Waals surface area contributed by atoms with Gasteiger partial charge in [0.25, 0.3) is 0 Å². The predicted octanol–water partition coefficient (Wildman–Crippen LogP) is 3.52. The highest BCUT2D eigenvalue weighted by Gasteiger charge is 2.20. The lowest BCUT2D eigenvalue weighted by Crippen LogP contribution is -2.39. The first-order chi connectivity index (χ1) is 9.97. The van der Waals surface area contributed by atoms with Crippen LogP contribution in [0.2, 0.25) is 5.02 Å². The molecule has 0 aromatic heterocycles. The van der Waals surface area contributed by atoms with Gasteiger partial charge in [0.2, 0.25) is 0 Å². The van der Waals surface area contributed by atoms with Crippen molar-refractivity contribution in [3.05, 3.63) is 33.3 Å². The summed E-state index contributed by atoms with van der Waals surface area (Å²) in [7, 11) is 2.20. The number of benzene rings is 1. The minimum atomic E-state index is -0.00113. The molecule has 0 saturated carbocycles. The summed E-state index contributed by atoms with van der Waals surface area (Å²) >= 11 is 9.72. The van der Waals surface area contributed by atoms with Crippen LogP contribution in [0.25, 0.3) is 0 Å². The molecule has 1 aliphatic rings. The summed E-state index contributed by atoms with van der Waals surface area (Å²) in [6.07, 6.45) is 2.17. The molecule has 1 aromatic rings. The molecular weight excluding hydrogens is 350 g/mol. The van der Waals surface area contributed by atoms with E-state index in [1.807, 2.05) is 18.2 Å². The van der Waals surface area contributed by atoms with Gasteiger partial charge in [0.1, 0.15) is 0 Å². The molecule has 0 amide bonds. The maximum Gasteiger partial charge on any atom is 0.0464 e. The zero-order chi connectivity index (χ0) is 15.4. The summed E-state index contributed by atoms with van der Waals surface area (Å²) < 4.78 is 0.993. The summed E-state index contributed by atoms with van der Waals surface area (Å²) in [4.78, 5) is 4.96. The Morgan fingerprint density at radius 1 is 1.43 bits per heavy atom. The van der Waals surface area contributed by atoms with Gasteiger partial charge in [-0.05, 0) is 57.6 Å². The van der Waals surface area contributed by atoms with E-state index in [1.165, 1.54) is 13.0 Å². The Hall–Kier alpha value is -0.130. The molecule has 0 spiro atoms. The molecule has 2 rings (SSSR count). The molecule has 2 N–H and O–H groups in total. The lowest BCUT2D eigenvalue weighted by molar-refractivity contribution is 0.196. The molecule has 1 fully saturated rings. The number of hydrogen-bond donors (Lipinski definition) is 1. The Morgan fingerprint density at radius 2 is 2.19 bits per heavy atom. The normalized spacial score (nSPS) is 23.0. The summed E-state index contributed by atoms with van der Waals surface area (Å²) in [5, 5.41) is 0.750. The first kappa shape index (κ1) is 17.2. The first-order valence-corrected chi connectivity index (χ1v) is 8.77. The zero-order valence-electron chi connectivity index (χ0n) is 12.9. The lowest BCUT2D eigenvalue weighted by Gasteiger charge is -2.29. The van der Waals surface area contributed by atoms with Gasteiger partial charge in [-0.2, -0.15) is 0 Å². The third-order valence-electron chi connectivity index (χ3n) is 4.27. The minimum Gasteiger partial charge on any atom is -0.324 e. The summed E-state index contributed by atoms with van der Waals surface area (Å²) in [5.74, 6) is 0. The van der Waals surface area contributed by atoms with E-state index in [-0.39, 0.29) is 6.04 Å². The molecule has 2 unspecified atom stereocenters. The maximum atomic E-state index is 6.34. The first-order valence-electron chi connectivity index (χ1n) is 7.60. The van der Waals surface area contributed by atoms with Crippen molar-refractivity contribution in [1.29, 1.82) is 0 Å². The van der Waals surface area contributed by atoms with Crippen molar-refractivity contribution in [3.8, 4) is 0 Å². The number of rotatable bonds is 4. The van der Waals surface area contributed by atoms with Crippen molar-refractivity contribution >= 4 is 27.5 Å². The van der Waals surface area contributed by atoms with Gasteiger partial charge < -0.3 is 10.6 Å². The van der Waals surface area contributed by atoms with Crippen molar-refractivity contribution in [3.63, 3.8) is 0 Å². The van der Waals surface area contributed by atoms with E-state index >= 15 is 0 Å². The van der Waals surface area contributed by atoms with E-state index in [4.69, 9.17) is 17.3 Å². The van der Waals surface area contributed by atoms with Crippen molar-refractivity contribution < 1.29 is 0 Å². The smallest absolute Gasteiger partial charge is 0.0464 e. The number of hydrogen-bond acceptors (Lipinski definition) is 3. The Balaban J connectivity index is 1.92. The number of likely N-dealkylation sites (N-methyl/N-ethyl adjacent to an activating group) is 1. The van der Waals surface area contributed by atoms with Crippen molar-refractivity contribution in [2.45, 2.75) is 31.8 Å². The lowest BCUT2D eigenvalue weighted by atomic mass is 10.0. The third-order valence-corrected chi connectivity index (χ3v) is 5.09. The van der Waals surface area contributed by atoms with Crippen LogP contribution >= 0.6 is 27.5 Å². The van der Waals surface area contributed by atoms with Gasteiger partial charge in [0.15, 0.2) is 0 Å². The Bertz CT molecular complexity index is 469. The molecule has 2 atom stereocenters. The van der Waals surface area contributed by atoms with Crippen LogP contribution < -0.4 is 5.73 Å². The summed E-state index contributed by atoms with van der Waals surface area (Å²) in [5.41, 5.74) is 7.38. The molecule has 1 aromatic carbocycles. The molecule has 118 valence electrons. The standard InChI is InChI=1S/C16H25BrClN3/c1-12-11-20(2)7-3-8-21(12)9-6-16(19)14-5-4-13(17)10-15(14)18/h4-5,10,12,16H,3,6-9,11,19H2,1-2H3. The van der Waals surface area contributed by atoms with Crippen LogP contribution in [0.1, 0.15) is 31.4 Å². The van der Waals surface area contributed by atoms with Gasteiger partial charge in [0, 0.05) is 34.7 Å². The molecule has 5 heteroatoms. The van der Waals surface area contributed by atoms with Gasteiger partial charge in [-0.1, -0.05) is 33.6 Å². The Labute approximate surface area is 141 Å². The fourth-order valence-electron chi connectivity index (χ4n) is 3.02. The highest BCUT2D eigenvalue weighted by Crippen LogP contribution is 2.27. The van der Waals surface area contributed by atoms with Gasteiger partial charge >= 0.3 is 0 Å². The van der Waals surface area contributed by atoms with Crippen LogP contribution in [0.15, 0.2) is 22.7 Å². The summed E-state index contributed by atoms with van der Waals surface area (Å²) in [6.45, 7) is 6.81. The van der Waals surface area contributed by atoms with Crippen molar-refractivity contribution in [2.24, 2.45) is 5.73 Å². The Morgan fingerprint density at radius 3 is 2.90 bits per heavy atom. The van der Waals surface area contributed by atoms with Crippen LogP contribution in [-0.2, 0) is 0 Å².